The number of aromatic nitrogens is 1. The number of Topliss-reactive ketones (excluding diaryl/α,β-unsaturated/α-hetero) is 1. The van der Waals surface area contributed by atoms with Gasteiger partial charge in [-0.2, -0.15) is 31.1 Å². The first kappa shape index (κ1) is 32.5. The van der Waals surface area contributed by atoms with Crippen molar-refractivity contribution in [1.29, 1.82) is 0 Å². The Kier molecular flexibility index (Phi) is 9.33. The van der Waals surface area contributed by atoms with Crippen LogP contribution < -0.4 is 9.63 Å². The van der Waals surface area contributed by atoms with Gasteiger partial charge >= 0.3 is 18.0 Å². The number of anilines is 1. The van der Waals surface area contributed by atoms with Gasteiger partial charge in [0.15, 0.2) is 24.0 Å². The van der Waals surface area contributed by atoms with Crippen LogP contribution in [0.5, 0.6) is 0 Å². The van der Waals surface area contributed by atoms with Crippen LogP contribution in [0.1, 0.15) is 63.7 Å². The van der Waals surface area contributed by atoms with Gasteiger partial charge in [-0.25, -0.2) is 8.78 Å². The minimum absolute atomic E-state index is 0.0233. The molecule has 0 saturated heterocycles. The molecule has 1 amide bonds. The number of hydrogen-bond acceptors (Lipinski definition) is 3. The molecule has 1 heterocycles. The molecule has 0 N–H and O–H groups in total. The molecule has 1 aromatic heterocycles. The predicted molar refractivity (Wildman–Crippen MR) is 137 cm³/mol. The molecule has 3 aromatic rings. The van der Waals surface area contributed by atoms with Crippen LogP contribution in [0.15, 0.2) is 54.9 Å². The largest absolute Gasteiger partial charge is 0.619 e. The van der Waals surface area contributed by atoms with E-state index < -0.39 is 53.1 Å². The van der Waals surface area contributed by atoms with Gasteiger partial charge in [-0.1, -0.05) is 32.0 Å². The number of amides is 1. The SMILES string of the molecule is CCc1cc(C(F)(C(F)(F)F)C(F)(F)F)cc(CC)c1CC(=O)c1cccc(N(CC)C(=O)c2cc[n+]([O-])cc2)c1F. The van der Waals surface area contributed by atoms with Crippen molar-refractivity contribution in [3.63, 3.8) is 0 Å². The molecule has 0 bridgehead atoms. The van der Waals surface area contributed by atoms with Gasteiger partial charge < -0.3 is 10.1 Å². The first-order valence-electron chi connectivity index (χ1n) is 12.8. The molecule has 42 heavy (non-hydrogen) atoms. The number of benzene rings is 2. The highest BCUT2D eigenvalue weighted by atomic mass is 19.4. The minimum Gasteiger partial charge on any atom is -0.619 e. The van der Waals surface area contributed by atoms with Crippen LogP contribution in [0.3, 0.4) is 0 Å². The summed E-state index contributed by atoms with van der Waals surface area (Å²) >= 11 is 0. The van der Waals surface area contributed by atoms with E-state index in [0.29, 0.717) is 16.9 Å². The summed E-state index contributed by atoms with van der Waals surface area (Å²) in [5.41, 5.74) is -8.15. The van der Waals surface area contributed by atoms with Crippen LogP contribution in [-0.4, -0.2) is 30.6 Å². The third-order valence-corrected chi connectivity index (χ3v) is 6.89. The van der Waals surface area contributed by atoms with E-state index in [9.17, 15) is 45.5 Å². The molecule has 0 fully saturated rings. The molecule has 0 spiro atoms. The van der Waals surface area contributed by atoms with Crippen LogP contribution in [0.4, 0.5) is 40.8 Å². The lowest BCUT2D eigenvalue weighted by atomic mass is 9.85. The van der Waals surface area contributed by atoms with Crippen molar-refractivity contribution in [3.8, 4) is 0 Å². The topological polar surface area (TPSA) is 64.3 Å². The van der Waals surface area contributed by atoms with Crippen LogP contribution in [0.25, 0.3) is 0 Å². The Morgan fingerprint density at radius 1 is 0.857 bits per heavy atom. The first-order chi connectivity index (χ1) is 19.5. The fourth-order valence-corrected chi connectivity index (χ4v) is 4.68. The van der Waals surface area contributed by atoms with Gasteiger partial charge in [-0.15, -0.1) is 0 Å². The van der Waals surface area contributed by atoms with Crippen molar-refractivity contribution >= 4 is 17.4 Å². The summed E-state index contributed by atoms with van der Waals surface area (Å²) in [7, 11) is 0. The van der Waals surface area contributed by atoms with Gasteiger partial charge in [-0.3, -0.25) is 9.59 Å². The summed E-state index contributed by atoms with van der Waals surface area (Å²) in [5.74, 6) is -2.60. The molecule has 0 aliphatic rings. The van der Waals surface area contributed by atoms with E-state index in [1.807, 2.05) is 0 Å². The normalized spacial score (nSPS) is 12.4. The Hall–Kier alpha value is -4.03. The lowest BCUT2D eigenvalue weighted by molar-refractivity contribution is -0.605. The number of nitrogens with zero attached hydrogens (tertiary/aromatic N) is 2. The zero-order valence-electron chi connectivity index (χ0n) is 22.7. The first-order valence-corrected chi connectivity index (χ1v) is 12.8. The maximum atomic E-state index is 15.7. The van der Waals surface area contributed by atoms with E-state index in [1.54, 1.807) is 6.92 Å². The Bertz CT molecular complexity index is 1430. The van der Waals surface area contributed by atoms with E-state index >= 15 is 4.39 Å². The molecule has 13 heteroatoms. The monoisotopic (exact) mass is 602 g/mol. The highest BCUT2D eigenvalue weighted by Crippen LogP contribution is 2.53. The summed E-state index contributed by atoms with van der Waals surface area (Å²) < 4.78 is 111. The molecule has 5 nitrogen and oxygen atoms in total. The molecule has 0 atom stereocenters. The molecule has 3 rings (SSSR count). The summed E-state index contributed by atoms with van der Waals surface area (Å²) in [6, 6.07) is 7.05. The third-order valence-electron chi connectivity index (χ3n) is 6.89. The van der Waals surface area contributed by atoms with Crippen molar-refractivity contribution in [2.75, 3.05) is 11.4 Å². The molecular formula is C29H26F8N2O3. The van der Waals surface area contributed by atoms with E-state index in [0.717, 1.165) is 23.4 Å². The summed E-state index contributed by atoms with van der Waals surface area (Å²) in [6.45, 7) is 4.36. The summed E-state index contributed by atoms with van der Waals surface area (Å²) in [4.78, 5) is 27.3. The zero-order valence-corrected chi connectivity index (χ0v) is 22.7. The van der Waals surface area contributed by atoms with Crippen molar-refractivity contribution in [3.05, 3.63) is 99.3 Å². The molecule has 0 aliphatic heterocycles. The molecule has 226 valence electrons. The number of rotatable bonds is 9. The van der Waals surface area contributed by atoms with Crippen molar-refractivity contribution < 1.29 is 49.4 Å². The number of alkyl halides is 7. The second-order valence-electron chi connectivity index (χ2n) is 9.37. The summed E-state index contributed by atoms with van der Waals surface area (Å²) in [6.07, 6.45) is -11.3. The van der Waals surface area contributed by atoms with Gasteiger partial charge in [0.25, 0.3) is 5.91 Å². The molecular weight excluding hydrogens is 576 g/mol. The maximum Gasteiger partial charge on any atom is 0.435 e. The van der Waals surface area contributed by atoms with Crippen molar-refractivity contribution in [2.24, 2.45) is 0 Å². The lowest BCUT2D eigenvalue weighted by Gasteiger charge is -2.31. The smallest absolute Gasteiger partial charge is 0.435 e. The molecule has 0 unspecified atom stereocenters. The number of carbonyl (C=O) groups excluding carboxylic acids is 2. The number of halogens is 8. The second kappa shape index (κ2) is 12.1. The number of hydrogen-bond donors (Lipinski definition) is 0. The number of aryl methyl sites for hydroxylation is 2. The predicted octanol–water partition coefficient (Wildman–Crippen LogP) is 6.97. The number of ketones is 1. The minimum atomic E-state index is -6.30. The third kappa shape index (κ3) is 5.95. The highest BCUT2D eigenvalue weighted by molar-refractivity contribution is 6.07. The second-order valence-corrected chi connectivity index (χ2v) is 9.37. The number of carbonyl (C=O) groups is 2. The summed E-state index contributed by atoms with van der Waals surface area (Å²) in [5, 5.41) is 11.3. The highest BCUT2D eigenvalue weighted by Gasteiger charge is 2.73. The Balaban J connectivity index is 2.05. The van der Waals surface area contributed by atoms with E-state index in [4.69, 9.17) is 0 Å². The fraction of sp³-hybridized carbons (Fsp3) is 0.345. The maximum absolute atomic E-state index is 15.7. The molecule has 0 saturated carbocycles. The van der Waals surface area contributed by atoms with E-state index in [2.05, 4.69) is 0 Å². The van der Waals surface area contributed by atoms with Crippen LogP contribution in [0, 0.1) is 11.0 Å². The fourth-order valence-electron chi connectivity index (χ4n) is 4.68. The quantitative estimate of drug-likeness (QED) is 0.115. The Labute approximate surface area is 236 Å². The average molecular weight is 603 g/mol. The molecule has 0 aliphatic carbocycles. The Morgan fingerprint density at radius 3 is 1.83 bits per heavy atom. The van der Waals surface area contributed by atoms with Gasteiger partial charge in [0, 0.05) is 30.7 Å². The average Bonchev–Trinajstić information content (AvgIpc) is 2.92. The van der Waals surface area contributed by atoms with E-state index in [-0.39, 0.29) is 47.3 Å². The van der Waals surface area contributed by atoms with Crippen LogP contribution in [0.2, 0.25) is 0 Å². The van der Waals surface area contributed by atoms with E-state index in [1.165, 1.54) is 38.1 Å². The van der Waals surface area contributed by atoms with Gasteiger partial charge in [0.1, 0.15) is 0 Å². The van der Waals surface area contributed by atoms with Crippen LogP contribution >= 0.6 is 0 Å². The van der Waals surface area contributed by atoms with Crippen molar-refractivity contribution in [2.45, 2.75) is 58.1 Å². The number of pyridine rings is 1. The van der Waals surface area contributed by atoms with Gasteiger partial charge in [0.2, 0.25) is 0 Å². The molecule has 0 radical (unpaired) electrons. The van der Waals surface area contributed by atoms with Gasteiger partial charge in [0.05, 0.1) is 16.8 Å². The van der Waals surface area contributed by atoms with Crippen molar-refractivity contribution in [1.82, 2.24) is 0 Å². The molecule has 2 aromatic carbocycles. The Morgan fingerprint density at radius 2 is 1.38 bits per heavy atom. The zero-order chi connectivity index (χ0) is 31.6. The standard InChI is InChI=1S/C29H26F8N2O3/c1-4-17-14-20(27(31,28(32,33)34)29(35,36)37)15-18(5-2)22(17)16-24(40)21-8-7-9-23(25(21)30)39(6-3)26(41)19-10-12-38(42)13-11-19/h7-15H,4-6,16H2,1-3H3. The lowest BCUT2D eigenvalue weighted by Crippen LogP contribution is -2.50. The van der Waals surface area contributed by atoms with Gasteiger partial charge in [-0.05, 0) is 48.6 Å². The van der Waals surface area contributed by atoms with Crippen LogP contribution in [-0.2, 0) is 24.9 Å².